The molecule has 1 saturated carbocycles. The van der Waals surface area contributed by atoms with E-state index in [1.165, 1.54) is 56.0 Å². The van der Waals surface area contributed by atoms with E-state index in [-0.39, 0.29) is 56.7 Å². The van der Waals surface area contributed by atoms with E-state index in [0.29, 0.717) is 43.0 Å². The van der Waals surface area contributed by atoms with Gasteiger partial charge in [-0.2, -0.15) is 9.97 Å². The van der Waals surface area contributed by atoms with Crippen molar-refractivity contribution in [3.8, 4) is 35.2 Å². The van der Waals surface area contributed by atoms with Gasteiger partial charge in [-0.05, 0) is 74.6 Å². The molecule has 4 saturated heterocycles. The summed E-state index contributed by atoms with van der Waals surface area (Å²) < 4.78 is 54.4. The van der Waals surface area contributed by atoms with Crippen molar-refractivity contribution in [1.29, 1.82) is 0 Å². The Morgan fingerprint density at radius 3 is 2.47 bits per heavy atom. The molecule has 9 rings (SSSR count). The third kappa shape index (κ3) is 4.81. The highest BCUT2D eigenvalue weighted by molar-refractivity contribution is 6.04. The molecular weight excluding hydrogens is 603 g/mol. The van der Waals surface area contributed by atoms with E-state index in [1.54, 1.807) is 0 Å². The Balaban J connectivity index is 1.15. The predicted octanol–water partition coefficient (Wildman–Crippen LogP) is 6.28. The molecule has 4 unspecified atom stereocenters. The summed E-state index contributed by atoms with van der Waals surface area (Å²) in [6, 6.07) is 8.39. The van der Waals surface area contributed by atoms with Gasteiger partial charge in [0, 0.05) is 65.6 Å². The van der Waals surface area contributed by atoms with E-state index in [2.05, 4.69) is 26.0 Å². The number of terminal acetylenes is 1. The first-order valence-electron chi connectivity index (χ1n) is 16.8. The van der Waals surface area contributed by atoms with Gasteiger partial charge >= 0.3 is 6.01 Å². The molecule has 5 fully saturated rings. The summed E-state index contributed by atoms with van der Waals surface area (Å²) in [6.07, 6.45) is 15.0. The second kappa shape index (κ2) is 10.7. The molecule has 3 aromatic carbocycles. The van der Waals surface area contributed by atoms with Crippen LogP contribution in [0.1, 0.15) is 56.9 Å². The quantitative estimate of drug-likeness (QED) is 0.231. The maximum Gasteiger partial charge on any atom is 0.319 e. The maximum atomic E-state index is 16.9. The lowest BCUT2D eigenvalue weighted by atomic mass is 9.79. The lowest BCUT2D eigenvalue weighted by Gasteiger charge is -2.54. The van der Waals surface area contributed by atoms with Crippen molar-refractivity contribution >= 4 is 27.5 Å². The molecule has 0 radical (unpaired) electrons. The van der Waals surface area contributed by atoms with Crippen molar-refractivity contribution in [2.24, 2.45) is 5.41 Å². The van der Waals surface area contributed by atoms with Gasteiger partial charge in [0.05, 0.1) is 17.7 Å². The Morgan fingerprint density at radius 2 is 1.77 bits per heavy atom. The number of rotatable bonds is 7. The highest BCUT2D eigenvalue weighted by Gasteiger charge is 2.51. The largest absolute Gasteiger partial charge is 0.508 e. The van der Waals surface area contributed by atoms with Crippen LogP contribution >= 0.6 is 0 Å². The van der Waals surface area contributed by atoms with Crippen molar-refractivity contribution in [1.82, 2.24) is 20.2 Å². The fraction of sp³-hybridized carbons (Fsp3) is 0.459. The molecule has 5 heterocycles. The van der Waals surface area contributed by atoms with Crippen LogP contribution in [-0.2, 0) is 0 Å². The molecule has 1 aromatic heterocycles. The van der Waals surface area contributed by atoms with Crippen LogP contribution in [-0.4, -0.2) is 70.4 Å². The molecule has 4 aliphatic heterocycles. The number of anilines is 1. The van der Waals surface area contributed by atoms with Crippen LogP contribution < -0.4 is 15.0 Å². The topological polar surface area (TPSA) is 73.8 Å². The third-order valence-electron chi connectivity index (χ3n) is 11.4. The first kappa shape index (κ1) is 29.1. The highest BCUT2D eigenvalue weighted by atomic mass is 19.1. The normalized spacial score (nSPS) is 26.0. The Labute approximate surface area is 271 Å². The van der Waals surface area contributed by atoms with E-state index in [9.17, 15) is 9.50 Å². The van der Waals surface area contributed by atoms with Crippen LogP contribution in [0.15, 0.2) is 30.3 Å². The summed E-state index contributed by atoms with van der Waals surface area (Å²) in [5, 5.41) is 14.9. The molecule has 0 amide bonds. The van der Waals surface area contributed by atoms with E-state index in [0.717, 1.165) is 32.2 Å². The number of phenols is 1. The number of hydrogen-bond acceptors (Lipinski definition) is 7. The van der Waals surface area contributed by atoms with E-state index >= 15 is 8.78 Å². The summed E-state index contributed by atoms with van der Waals surface area (Å²) in [5.74, 6) is 0.00597. The van der Waals surface area contributed by atoms with Gasteiger partial charge in [0.25, 0.3) is 0 Å². The number of phenolic OH excluding ortho intramolecular Hbond substituents is 1. The molecule has 1 aliphatic carbocycles. The molecular formula is C37H36F3N5O2. The molecule has 242 valence electrons. The standard InChI is InChI=1S/C37H36F3N5O2/c1-2-26-29(38)9-6-20-12-25(46)14-27(31(20)26)32-30(39)15-28-34(33(32)40)42-36(43-35(28)44-16-21-7-8-22(17-44)41-21)47-19-37(10-11-37)18-45-23-4-3-5-24(45)13-23/h1,6,9,12,14-15,21-24,41,46H,3-5,7-8,10-11,13,16-19H2. The number of nitrogens with one attached hydrogen (secondary N) is 1. The number of hydrogen-bond donors (Lipinski definition) is 2. The highest BCUT2D eigenvalue weighted by Crippen LogP contribution is 2.51. The zero-order valence-electron chi connectivity index (χ0n) is 26.0. The monoisotopic (exact) mass is 639 g/mol. The zero-order chi connectivity index (χ0) is 32.0. The molecule has 0 spiro atoms. The van der Waals surface area contributed by atoms with Gasteiger partial charge in [0.15, 0.2) is 5.82 Å². The van der Waals surface area contributed by atoms with Crippen LogP contribution in [0.3, 0.4) is 0 Å². The second-order valence-corrected chi connectivity index (χ2v) is 14.4. The number of aromatic nitrogens is 2. The number of halogens is 3. The van der Waals surface area contributed by atoms with Crippen LogP contribution in [0.2, 0.25) is 0 Å². The van der Waals surface area contributed by atoms with Crippen molar-refractivity contribution in [3.05, 3.63) is 53.3 Å². The molecule has 2 N–H and O–H groups in total. The number of aromatic hydroxyl groups is 1. The minimum absolute atomic E-state index is 0.0313. The van der Waals surface area contributed by atoms with Gasteiger partial charge in [-0.3, -0.25) is 4.90 Å². The maximum absolute atomic E-state index is 16.9. The summed E-state index contributed by atoms with van der Waals surface area (Å²) >= 11 is 0. The summed E-state index contributed by atoms with van der Waals surface area (Å²) in [5.41, 5.74) is -0.696. The Bertz CT molecular complexity index is 1970. The minimum Gasteiger partial charge on any atom is -0.508 e. The minimum atomic E-state index is -0.944. The Morgan fingerprint density at radius 1 is 1.00 bits per heavy atom. The molecule has 4 bridgehead atoms. The number of piperazine rings is 1. The average Bonchev–Trinajstić information content (AvgIpc) is 3.77. The number of fused-ring (bicyclic) bond motifs is 6. The summed E-state index contributed by atoms with van der Waals surface area (Å²) in [6.45, 7) is 2.72. The summed E-state index contributed by atoms with van der Waals surface area (Å²) in [4.78, 5) is 14.1. The van der Waals surface area contributed by atoms with Crippen LogP contribution in [0.4, 0.5) is 19.0 Å². The molecule has 10 heteroatoms. The molecule has 7 nitrogen and oxygen atoms in total. The molecule has 5 aliphatic rings. The van der Waals surface area contributed by atoms with Gasteiger partial charge < -0.3 is 20.1 Å². The fourth-order valence-corrected chi connectivity index (χ4v) is 8.73. The molecule has 4 aromatic rings. The van der Waals surface area contributed by atoms with E-state index in [4.69, 9.17) is 16.1 Å². The van der Waals surface area contributed by atoms with Gasteiger partial charge in [-0.15, -0.1) is 6.42 Å². The first-order chi connectivity index (χ1) is 22.8. The lowest BCUT2D eigenvalue weighted by molar-refractivity contribution is -0.0465. The number of piperidine rings is 1. The van der Waals surface area contributed by atoms with Gasteiger partial charge in [0.2, 0.25) is 0 Å². The van der Waals surface area contributed by atoms with Crippen molar-refractivity contribution in [2.75, 3.05) is 31.1 Å². The van der Waals surface area contributed by atoms with Gasteiger partial charge in [-0.25, -0.2) is 13.2 Å². The summed E-state index contributed by atoms with van der Waals surface area (Å²) in [7, 11) is 0. The van der Waals surface area contributed by atoms with E-state index in [1.807, 2.05) is 0 Å². The fourth-order valence-electron chi connectivity index (χ4n) is 8.73. The second-order valence-electron chi connectivity index (χ2n) is 14.4. The van der Waals surface area contributed by atoms with Gasteiger partial charge in [0.1, 0.15) is 28.7 Å². The van der Waals surface area contributed by atoms with Crippen LogP contribution in [0.5, 0.6) is 11.8 Å². The smallest absolute Gasteiger partial charge is 0.319 e. The van der Waals surface area contributed by atoms with Crippen molar-refractivity contribution < 1.29 is 23.0 Å². The predicted molar refractivity (Wildman–Crippen MR) is 174 cm³/mol. The number of ether oxygens (including phenoxy) is 1. The number of nitrogens with zero attached hydrogens (tertiary/aromatic N) is 4. The Hall–Kier alpha value is -4.07. The lowest BCUT2D eigenvalue weighted by Crippen LogP contribution is -2.60. The van der Waals surface area contributed by atoms with Crippen LogP contribution in [0.25, 0.3) is 32.8 Å². The third-order valence-corrected chi connectivity index (χ3v) is 11.4. The zero-order valence-corrected chi connectivity index (χ0v) is 26.0. The van der Waals surface area contributed by atoms with Gasteiger partial charge in [-0.1, -0.05) is 18.4 Å². The molecule has 4 atom stereocenters. The SMILES string of the molecule is C#Cc1c(F)ccc2cc(O)cc(-c3c(F)cc4c(N5CC6CCC(C5)N6)nc(OCC5(CN6C7CCCC6C7)CC5)nc4c3F)c12. The number of benzene rings is 3. The molecule has 47 heavy (non-hydrogen) atoms. The van der Waals surface area contributed by atoms with Crippen LogP contribution in [0, 0.1) is 35.2 Å². The average molecular weight is 640 g/mol. The first-order valence-corrected chi connectivity index (χ1v) is 16.8. The van der Waals surface area contributed by atoms with Crippen molar-refractivity contribution in [3.63, 3.8) is 0 Å². The van der Waals surface area contributed by atoms with Crippen molar-refractivity contribution in [2.45, 2.75) is 75.5 Å². The Kier molecular flexibility index (Phi) is 6.64. The van der Waals surface area contributed by atoms with E-state index < -0.39 is 23.0 Å².